The molecule has 2 aromatic rings. The van der Waals surface area contributed by atoms with Gasteiger partial charge in [-0.1, -0.05) is 12.5 Å². The minimum Gasteiger partial charge on any atom is -0.365 e. The van der Waals surface area contributed by atoms with Crippen LogP contribution >= 0.6 is 0 Å². The third kappa shape index (κ3) is 2.90. The van der Waals surface area contributed by atoms with Gasteiger partial charge in [0.1, 0.15) is 0 Å². The third-order valence-corrected chi connectivity index (χ3v) is 5.48. The summed E-state index contributed by atoms with van der Waals surface area (Å²) >= 11 is 0. The van der Waals surface area contributed by atoms with Crippen LogP contribution in [0.5, 0.6) is 0 Å². The molecule has 25 heavy (non-hydrogen) atoms. The van der Waals surface area contributed by atoms with Gasteiger partial charge in [0.25, 0.3) is 0 Å². The second-order valence-corrected chi connectivity index (χ2v) is 7.06. The fourth-order valence-corrected chi connectivity index (χ4v) is 3.86. The van der Waals surface area contributed by atoms with Crippen LogP contribution in [-0.4, -0.2) is 51.8 Å². The van der Waals surface area contributed by atoms with Crippen molar-refractivity contribution in [3.8, 4) is 5.82 Å². The number of nitrogens with zero attached hydrogens (tertiary/aromatic N) is 5. The van der Waals surface area contributed by atoms with Gasteiger partial charge in [-0.3, -0.25) is 4.79 Å². The van der Waals surface area contributed by atoms with Gasteiger partial charge in [0.2, 0.25) is 5.91 Å². The smallest absolute Gasteiger partial charge is 0.225 e. The van der Waals surface area contributed by atoms with Gasteiger partial charge in [-0.15, -0.1) is 0 Å². The Morgan fingerprint density at radius 2 is 1.88 bits per heavy atom. The summed E-state index contributed by atoms with van der Waals surface area (Å²) in [5, 5.41) is 4.69. The van der Waals surface area contributed by atoms with E-state index in [1.807, 2.05) is 34.7 Å². The molecule has 4 rings (SSSR count). The summed E-state index contributed by atoms with van der Waals surface area (Å²) in [5.74, 6) is 1.50. The SMILES string of the molecule is Cc1nn(-c2ccccn2)c(C)c1N1CCN(C(=O)C2CCC2)CC1. The monoisotopic (exact) mass is 339 g/mol. The topological polar surface area (TPSA) is 54.3 Å². The van der Waals surface area contributed by atoms with E-state index in [1.54, 1.807) is 6.20 Å². The highest BCUT2D eigenvalue weighted by Crippen LogP contribution is 2.30. The van der Waals surface area contributed by atoms with Crippen LogP contribution in [0.1, 0.15) is 30.7 Å². The molecule has 0 aromatic carbocycles. The summed E-state index contributed by atoms with van der Waals surface area (Å²) in [6.45, 7) is 7.50. The molecule has 0 radical (unpaired) electrons. The molecule has 0 unspecified atom stereocenters. The molecule has 1 aliphatic heterocycles. The van der Waals surface area contributed by atoms with Gasteiger partial charge >= 0.3 is 0 Å². The van der Waals surface area contributed by atoms with Crippen LogP contribution in [0.4, 0.5) is 5.69 Å². The van der Waals surface area contributed by atoms with Gasteiger partial charge in [0, 0.05) is 38.3 Å². The van der Waals surface area contributed by atoms with Crippen molar-refractivity contribution in [1.29, 1.82) is 0 Å². The Labute approximate surface area is 148 Å². The average Bonchev–Trinajstić information content (AvgIpc) is 2.89. The van der Waals surface area contributed by atoms with E-state index in [9.17, 15) is 4.79 Å². The average molecular weight is 339 g/mol. The van der Waals surface area contributed by atoms with Crippen molar-refractivity contribution in [2.45, 2.75) is 33.1 Å². The van der Waals surface area contributed by atoms with Crippen LogP contribution in [-0.2, 0) is 4.79 Å². The number of anilines is 1. The maximum atomic E-state index is 12.4. The van der Waals surface area contributed by atoms with Crippen molar-refractivity contribution in [3.05, 3.63) is 35.8 Å². The van der Waals surface area contributed by atoms with E-state index in [0.717, 1.165) is 56.2 Å². The van der Waals surface area contributed by atoms with Gasteiger partial charge < -0.3 is 9.80 Å². The van der Waals surface area contributed by atoms with E-state index < -0.39 is 0 Å². The maximum Gasteiger partial charge on any atom is 0.225 e. The predicted molar refractivity (Wildman–Crippen MR) is 97.0 cm³/mol. The first kappa shape index (κ1) is 16.1. The largest absolute Gasteiger partial charge is 0.365 e. The zero-order chi connectivity index (χ0) is 17.4. The second-order valence-electron chi connectivity index (χ2n) is 7.06. The standard InChI is InChI=1S/C19H25N5O/c1-14-18(15(2)24(21-14)17-8-3-4-9-20-17)22-10-12-23(13-11-22)19(25)16-6-5-7-16/h3-4,8-9,16H,5-7,10-13H2,1-2H3. The number of rotatable bonds is 3. The van der Waals surface area contributed by atoms with Gasteiger partial charge in [0.15, 0.2) is 5.82 Å². The third-order valence-electron chi connectivity index (χ3n) is 5.48. The molecule has 3 heterocycles. The quantitative estimate of drug-likeness (QED) is 0.861. The lowest BCUT2D eigenvalue weighted by molar-refractivity contribution is -0.138. The molecule has 1 saturated carbocycles. The lowest BCUT2D eigenvalue weighted by Crippen LogP contribution is -2.51. The summed E-state index contributed by atoms with van der Waals surface area (Å²) in [6.07, 6.45) is 5.15. The Morgan fingerprint density at radius 3 is 2.48 bits per heavy atom. The summed E-state index contributed by atoms with van der Waals surface area (Å²) in [6, 6.07) is 5.86. The van der Waals surface area contributed by atoms with Crippen molar-refractivity contribution in [2.24, 2.45) is 5.92 Å². The number of piperazine rings is 1. The first-order chi connectivity index (χ1) is 12.1. The number of carbonyl (C=O) groups excluding carboxylic acids is 1. The maximum absolute atomic E-state index is 12.4. The van der Waals surface area contributed by atoms with Crippen LogP contribution in [0.3, 0.4) is 0 Å². The fourth-order valence-electron chi connectivity index (χ4n) is 3.86. The molecule has 132 valence electrons. The second kappa shape index (κ2) is 6.50. The molecular formula is C19H25N5O. The minimum absolute atomic E-state index is 0.293. The molecule has 1 saturated heterocycles. The molecular weight excluding hydrogens is 314 g/mol. The van der Waals surface area contributed by atoms with Crippen LogP contribution < -0.4 is 4.90 Å². The summed E-state index contributed by atoms with van der Waals surface area (Å²) < 4.78 is 1.91. The molecule has 0 spiro atoms. The Bertz CT molecular complexity index is 758. The van der Waals surface area contributed by atoms with E-state index >= 15 is 0 Å². The molecule has 6 heteroatoms. The van der Waals surface area contributed by atoms with Crippen LogP contribution in [0.2, 0.25) is 0 Å². The first-order valence-corrected chi connectivity index (χ1v) is 9.16. The number of hydrogen-bond acceptors (Lipinski definition) is 4. The fraction of sp³-hybridized carbons (Fsp3) is 0.526. The Kier molecular flexibility index (Phi) is 4.19. The van der Waals surface area contributed by atoms with E-state index in [4.69, 9.17) is 5.10 Å². The van der Waals surface area contributed by atoms with Crippen molar-refractivity contribution in [1.82, 2.24) is 19.7 Å². The zero-order valence-corrected chi connectivity index (χ0v) is 15.0. The number of carbonyl (C=O) groups is 1. The highest BCUT2D eigenvalue weighted by atomic mass is 16.2. The molecule has 2 aliphatic rings. The lowest BCUT2D eigenvalue weighted by Gasteiger charge is -2.39. The van der Waals surface area contributed by atoms with Crippen molar-refractivity contribution >= 4 is 11.6 Å². The minimum atomic E-state index is 0.293. The van der Waals surface area contributed by atoms with Gasteiger partial charge in [-0.05, 0) is 38.8 Å². The predicted octanol–water partition coefficient (Wildman–Crippen LogP) is 2.33. The first-order valence-electron chi connectivity index (χ1n) is 9.16. The van der Waals surface area contributed by atoms with Crippen molar-refractivity contribution < 1.29 is 4.79 Å². The zero-order valence-electron chi connectivity index (χ0n) is 15.0. The molecule has 6 nitrogen and oxygen atoms in total. The number of amides is 1. The number of aryl methyl sites for hydroxylation is 1. The van der Waals surface area contributed by atoms with E-state index in [2.05, 4.69) is 16.8 Å². The molecule has 0 atom stereocenters. The van der Waals surface area contributed by atoms with E-state index in [0.29, 0.717) is 11.8 Å². The Balaban J connectivity index is 1.50. The number of pyridine rings is 1. The normalized spacial score (nSPS) is 18.3. The Hall–Kier alpha value is -2.37. The number of hydrogen-bond donors (Lipinski definition) is 0. The molecule has 0 bridgehead atoms. The van der Waals surface area contributed by atoms with Gasteiger partial charge in [-0.2, -0.15) is 5.10 Å². The van der Waals surface area contributed by atoms with Gasteiger partial charge in [-0.25, -0.2) is 9.67 Å². The van der Waals surface area contributed by atoms with Crippen molar-refractivity contribution in [2.75, 3.05) is 31.1 Å². The Morgan fingerprint density at radius 1 is 1.12 bits per heavy atom. The van der Waals surface area contributed by atoms with Gasteiger partial charge in [0.05, 0.1) is 17.1 Å². The highest BCUT2D eigenvalue weighted by molar-refractivity contribution is 5.80. The molecule has 1 aliphatic carbocycles. The van der Waals surface area contributed by atoms with E-state index in [1.165, 1.54) is 12.1 Å². The highest BCUT2D eigenvalue weighted by Gasteiger charge is 2.32. The van der Waals surface area contributed by atoms with Crippen LogP contribution in [0.25, 0.3) is 5.82 Å². The van der Waals surface area contributed by atoms with E-state index in [-0.39, 0.29) is 0 Å². The molecule has 2 aromatic heterocycles. The van der Waals surface area contributed by atoms with Crippen LogP contribution in [0.15, 0.2) is 24.4 Å². The van der Waals surface area contributed by atoms with Crippen LogP contribution in [0, 0.1) is 19.8 Å². The summed E-state index contributed by atoms with van der Waals surface area (Å²) in [4.78, 5) is 21.3. The van der Waals surface area contributed by atoms with Crippen molar-refractivity contribution in [3.63, 3.8) is 0 Å². The number of aromatic nitrogens is 3. The molecule has 2 fully saturated rings. The molecule has 0 N–H and O–H groups in total. The summed E-state index contributed by atoms with van der Waals surface area (Å²) in [5.41, 5.74) is 3.30. The molecule has 1 amide bonds. The lowest BCUT2D eigenvalue weighted by atomic mass is 9.84. The summed E-state index contributed by atoms with van der Waals surface area (Å²) in [7, 11) is 0.